The zero-order chi connectivity index (χ0) is 14.5. The third kappa shape index (κ3) is 3.19. The molecule has 0 spiro atoms. The Bertz CT molecular complexity index is 487. The molecule has 1 fully saturated rings. The predicted octanol–water partition coefficient (Wildman–Crippen LogP) is 0.861. The quantitative estimate of drug-likeness (QED) is 0.866. The number of hydrogen-bond donors (Lipinski definition) is 2. The van der Waals surface area contributed by atoms with Gasteiger partial charge in [-0.05, 0) is 25.5 Å². The summed E-state index contributed by atoms with van der Waals surface area (Å²) in [5.41, 5.74) is 0. The number of rotatable bonds is 4. The van der Waals surface area contributed by atoms with Gasteiger partial charge in [-0.1, -0.05) is 6.92 Å². The number of amides is 2. The Morgan fingerprint density at radius 2 is 2.25 bits per heavy atom. The van der Waals surface area contributed by atoms with Gasteiger partial charge in [0.05, 0.1) is 4.88 Å². The molecule has 1 aliphatic heterocycles. The summed E-state index contributed by atoms with van der Waals surface area (Å²) < 4.78 is 0. The van der Waals surface area contributed by atoms with Crippen LogP contribution in [-0.4, -0.2) is 48.9 Å². The zero-order valence-corrected chi connectivity index (χ0v) is 12.8. The minimum absolute atomic E-state index is 0.0348. The highest BCUT2D eigenvalue weighted by atomic mass is 32.1. The highest BCUT2D eigenvalue weighted by Gasteiger charge is 2.32. The number of nitrogens with one attached hydrogen (secondary N) is 2. The number of nitrogens with zero attached hydrogens (tertiary/aromatic N) is 1. The van der Waals surface area contributed by atoms with Crippen molar-refractivity contribution in [1.82, 2.24) is 15.5 Å². The fourth-order valence-electron chi connectivity index (χ4n) is 2.30. The summed E-state index contributed by atoms with van der Waals surface area (Å²) in [5, 5.41) is 5.97. The summed E-state index contributed by atoms with van der Waals surface area (Å²) in [6, 6.07) is 3.44. The molecule has 0 aliphatic carbocycles. The zero-order valence-electron chi connectivity index (χ0n) is 11.9. The van der Waals surface area contributed by atoms with Gasteiger partial charge in [-0.3, -0.25) is 9.59 Å². The van der Waals surface area contributed by atoms with Crippen molar-refractivity contribution in [3.8, 4) is 0 Å². The first kappa shape index (κ1) is 15.0. The first-order chi connectivity index (χ1) is 9.67. The molecule has 1 saturated heterocycles. The average Bonchev–Trinajstić information content (AvgIpc) is 2.95. The van der Waals surface area contributed by atoms with Crippen LogP contribution in [0, 0.1) is 0 Å². The van der Waals surface area contributed by atoms with E-state index in [1.54, 1.807) is 4.90 Å². The van der Waals surface area contributed by atoms with Crippen LogP contribution in [0.5, 0.6) is 0 Å². The lowest BCUT2D eigenvalue weighted by Crippen LogP contribution is -2.59. The number of carbonyl (C=O) groups excluding carboxylic acids is 2. The third-order valence-corrected chi connectivity index (χ3v) is 4.60. The van der Waals surface area contributed by atoms with Gasteiger partial charge >= 0.3 is 0 Å². The summed E-state index contributed by atoms with van der Waals surface area (Å²) in [4.78, 5) is 28.2. The minimum Gasteiger partial charge on any atom is -0.355 e. The number of thiophene rings is 1. The first-order valence-electron chi connectivity index (χ1n) is 7.05. The van der Waals surface area contributed by atoms with Crippen LogP contribution in [0.1, 0.15) is 28.4 Å². The molecule has 0 aromatic carbocycles. The molecule has 2 amide bonds. The maximum Gasteiger partial charge on any atom is 0.264 e. The lowest BCUT2D eigenvalue weighted by molar-refractivity contribution is -0.126. The topological polar surface area (TPSA) is 61.4 Å². The Hall–Kier alpha value is -1.40. The molecule has 2 N–H and O–H groups in total. The van der Waals surface area contributed by atoms with Crippen molar-refractivity contribution in [2.45, 2.75) is 26.3 Å². The Balaban J connectivity index is 2.14. The minimum atomic E-state index is -0.414. The summed E-state index contributed by atoms with van der Waals surface area (Å²) >= 11 is 1.52. The fourth-order valence-corrected chi connectivity index (χ4v) is 3.20. The van der Waals surface area contributed by atoms with E-state index in [9.17, 15) is 9.59 Å². The maximum absolute atomic E-state index is 12.6. The van der Waals surface area contributed by atoms with E-state index in [1.807, 2.05) is 19.1 Å². The molecule has 0 bridgehead atoms. The van der Waals surface area contributed by atoms with Crippen molar-refractivity contribution in [3.63, 3.8) is 0 Å². The molecule has 0 saturated carbocycles. The van der Waals surface area contributed by atoms with Crippen LogP contribution in [0.3, 0.4) is 0 Å². The second-order valence-corrected chi connectivity index (χ2v) is 5.90. The molecule has 2 rings (SSSR count). The van der Waals surface area contributed by atoms with Crippen LogP contribution >= 0.6 is 11.3 Å². The average molecular weight is 295 g/mol. The molecule has 2 heterocycles. The Labute approximate surface area is 123 Å². The van der Waals surface area contributed by atoms with Gasteiger partial charge in [0.15, 0.2) is 0 Å². The normalized spacial score (nSPS) is 18.9. The maximum atomic E-state index is 12.6. The number of hydrogen-bond acceptors (Lipinski definition) is 4. The molecule has 1 atom stereocenters. The van der Waals surface area contributed by atoms with Crippen molar-refractivity contribution >= 4 is 23.2 Å². The molecule has 20 heavy (non-hydrogen) atoms. The predicted molar refractivity (Wildman–Crippen MR) is 80.1 cm³/mol. The molecule has 1 unspecified atom stereocenters. The van der Waals surface area contributed by atoms with Crippen LogP contribution in [0.4, 0.5) is 0 Å². The Morgan fingerprint density at radius 1 is 1.45 bits per heavy atom. The second kappa shape index (κ2) is 6.85. The van der Waals surface area contributed by atoms with Gasteiger partial charge in [-0.25, -0.2) is 0 Å². The van der Waals surface area contributed by atoms with E-state index >= 15 is 0 Å². The SMILES string of the molecule is CCNC(=O)C1CNCCN1C(=O)c1ccc(CC)s1. The fraction of sp³-hybridized carbons (Fsp3) is 0.571. The van der Waals surface area contributed by atoms with E-state index in [1.165, 1.54) is 16.2 Å². The van der Waals surface area contributed by atoms with E-state index in [2.05, 4.69) is 17.6 Å². The van der Waals surface area contributed by atoms with Crippen molar-refractivity contribution < 1.29 is 9.59 Å². The van der Waals surface area contributed by atoms with E-state index in [-0.39, 0.29) is 11.8 Å². The van der Waals surface area contributed by atoms with Crippen LogP contribution in [-0.2, 0) is 11.2 Å². The summed E-state index contributed by atoms with van der Waals surface area (Å²) in [5.74, 6) is -0.118. The Morgan fingerprint density at radius 3 is 2.90 bits per heavy atom. The van der Waals surface area contributed by atoms with Crippen LogP contribution < -0.4 is 10.6 Å². The molecule has 110 valence electrons. The van der Waals surface area contributed by atoms with Crippen molar-refractivity contribution in [2.24, 2.45) is 0 Å². The molecule has 5 nitrogen and oxygen atoms in total. The molecule has 1 aliphatic rings. The molecule has 0 radical (unpaired) electrons. The Kier molecular flexibility index (Phi) is 5.14. The number of carbonyl (C=O) groups is 2. The standard InChI is InChI=1S/C14H21N3O2S/c1-3-10-5-6-12(20-10)14(19)17-8-7-15-9-11(17)13(18)16-4-2/h5-6,11,15H,3-4,7-9H2,1-2H3,(H,16,18). The van der Waals surface area contributed by atoms with Crippen molar-refractivity contribution in [1.29, 1.82) is 0 Å². The van der Waals surface area contributed by atoms with Crippen LogP contribution in [0.2, 0.25) is 0 Å². The van der Waals surface area contributed by atoms with E-state index in [0.717, 1.165) is 17.8 Å². The van der Waals surface area contributed by atoms with Gasteiger partial charge in [0.2, 0.25) is 5.91 Å². The number of likely N-dealkylation sites (N-methyl/N-ethyl adjacent to an activating group) is 1. The molecule has 6 heteroatoms. The summed E-state index contributed by atoms with van der Waals surface area (Å²) in [6.45, 7) is 6.35. The highest BCUT2D eigenvalue weighted by Crippen LogP contribution is 2.20. The lowest BCUT2D eigenvalue weighted by atomic mass is 10.1. The van der Waals surface area contributed by atoms with E-state index in [0.29, 0.717) is 19.6 Å². The van der Waals surface area contributed by atoms with Gasteiger partial charge in [0.25, 0.3) is 5.91 Å². The van der Waals surface area contributed by atoms with Gasteiger partial charge in [-0.2, -0.15) is 0 Å². The second-order valence-electron chi connectivity index (χ2n) is 4.73. The third-order valence-electron chi connectivity index (χ3n) is 3.38. The van der Waals surface area contributed by atoms with E-state index in [4.69, 9.17) is 0 Å². The van der Waals surface area contributed by atoms with Gasteiger partial charge in [-0.15, -0.1) is 11.3 Å². The largest absolute Gasteiger partial charge is 0.355 e. The van der Waals surface area contributed by atoms with Gasteiger partial charge in [0.1, 0.15) is 6.04 Å². The van der Waals surface area contributed by atoms with Crippen molar-refractivity contribution in [3.05, 3.63) is 21.9 Å². The van der Waals surface area contributed by atoms with Gasteiger partial charge in [0, 0.05) is 31.1 Å². The first-order valence-corrected chi connectivity index (χ1v) is 7.87. The molecule has 1 aromatic heterocycles. The monoisotopic (exact) mass is 295 g/mol. The van der Waals surface area contributed by atoms with Crippen LogP contribution in [0.15, 0.2) is 12.1 Å². The summed E-state index contributed by atoms with van der Waals surface area (Å²) in [6.07, 6.45) is 0.930. The van der Waals surface area contributed by atoms with Crippen molar-refractivity contribution in [2.75, 3.05) is 26.2 Å². The van der Waals surface area contributed by atoms with Crippen LogP contribution in [0.25, 0.3) is 0 Å². The molecular formula is C14H21N3O2S. The number of aryl methyl sites for hydroxylation is 1. The smallest absolute Gasteiger partial charge is 0.264 e. The van der Waals surface area contributed by atoms with Gasteiger partial charge < -0.3 is 15.5 Å². The summed E-state index contributed by atoms with van der Waals surface area (Å²) in [7, 11) is 0. The van der Waals surface area contributed by atoms with E-state index < -0.39 is 6.04 Å². The molecule has 1 aromatic rings. The number of piperazine rings is 1. The molecular weight excluding hydrogens is 274 g/mol. The highest BCUT2D eigenvalue weighted by molar-refractivity contribution is 7.14. The lowest BCUT2D eigenvalue weighted by Gasteiger charge is -2.34.